The van der Waals surface area contributed by atoms with Gasteiger partial charge in [-0.25, -0.2) is 13.5 Å². The maximum atomic E-state index is 12.5. The van der Waals surface area contributed by atoms with Gasteiger partial charge in [-0.3, -0.25) is 9.63 Å². The second-order valence-corrected chi connectivity index (χ2v) is 8.06. The van der Waals surface area contributed by atoms with Gasteiger partial charge in [0.25, 0.3) is 5.91 Å². The molecule has 130 valence electrons. The van der Waals surface area contributed by atoms with Gasteiger partial charge in [-0.05, 0) is 36.6 Å². The van der Waals surface area contributed by atoms with Gasteiger partial charge in [0, 0.05) is 12.1 Å². The number of hydrogen-bond donors (Lipinski definition) is 1. The number of nitrogens with zero attached hydrogens (tertiary/aromatic N) is 1. The van der Waals surface area contributed by atoms with Crippen LogP contribution in [0.2, 0.25) is 10.0 Å². The summed E-state index contributed by atoms with van der Waals surface area (Å²) in [6.45, 7) is 0. The number of hydroxylamine groups is 2. The van der Waals surface area contributed by atoms with Crippen LogP contribution in [0, 0.1) is 0 Å². The number of amides is 1. The molecular formula is C13H18Cl2N2O4S2. The molecule has 1 aromatic rings. The summed E-state index contributed by atoms with van der Waals surface area (Å²) in [6, 6.07) is 3.14. The summed E-state index contributed by atoms with van der Waals surface area (Å²) in [5.41, 5.74) is 0. The van der Waals surface area contributed by atoms with E-state index in [-0.39, 0.29) is 14.9 Å². The molecule has 1 atom stereocenters. The topological polar surface area (TPSA) is 75.7 Å². The number of likely N-dealkylation sites (N-methyl/N-ethyl adjacent to an activating group) is 1. The Balaban J connectivity index is 3.09. The van der Waals surface area contributed by atoms with Gasteiger partial charge in [0.1, 0.15) is 10.9 Å². The van der Waals surface area contributed by atoms with Gasteiger partial charge in [0.05, 0.1) is 12.1 Å². The van der Waals surface area contributed by atoms with E-state index in [4.69, 9.17) is 28.0 Å². The average Bonchev–Trinajstić information content (AvgIpc) is 2.51. The fourth-order valence-electron chi connectivity index (χ4n) is 1.71. The van der Waals surface area contributed by atoms with E-state index in [9.17, 15) is 13.2 Å². The third-order valence-corrected chi connectivity index (χ3v) is 5.81. The number of carbonyl (C=O) groups is 1. The van der Waals surface area contributed by atoms with E-state index in [0.717, 1.165) is 5.06 Å². The fourth-order valence-corrected chi connectivity index (χ4v) is 4.17. The van der Waals surface area contributed by atoms with Gasteiger partial charge in [-0.15, -0.1) is 0 Å². The predicted molar refractivity (Wildman–Crippen MR) is 93.3 cm³/mol. The Bertz CT molecular complexity index is 655. The molecule has 0 aliphatic heterocycles. The predicted octanol–water partition coefficient (Wildman–Crippen LogP) is 2.41. The van der Waals surface area contributed by atoms with Crippen LogP contribution in [0.5, 0.6) is 0 Å². The van der Waals surface area contributed by atoms with E-state index in [2.05, 4.69) is 4.72 Å². The number of nitrogens with one attached hydrogen (secondary N) is 1. The molecule has 0 saturated carbocycles. The van der Waals surface area contributed by atoms with Crippen molar-refractivity contribution in [3.63, 3.8) is 0 Å². The summed E-state index contributed by atoms with van der Waals surface area (Å²) < 4.78 is 27.4. The molecule has 0 spiro atoms. The number of thioether (sulfide) groups is 1. The third-order valence-electron chi connectivity index (χ3n) is 2.97. The molecule has 1 aromatic carbocycles. The summed E-state index contributed by atoms with van der Waals surface area (Å²) in [7, 11) is -1.27. The highest BCUT2D eigenvalue weighted by atomic mass is 35.5. The molecule has 1 amide bonds. The van der Waals surface area contributed by atoms with Gasteiger partial charge < -0.3 is 0 Å². The summed E-state index contributed by atoms with van der Waals surface area (Å²) in [4.78, 5) is 16.9. The smallest absolute Gasteiger partial charge is 0.264 e. The molecule has 0 aromatic heterocycles. The average molecular weight is 401 g/mol. The van der Waals surface area contributed by atoms with Crippen LogP contribution in [0.15, 0.2) is 23.1 Å². The minimum atomic E-state index is -4.01. The lowest BCUT2D eigenvalue weighted by atomic mass is 10.2. The number of benzene rings is 1. The first-order chi connectivity index (χ1) is 10.7. The molecule has 23 heavy (non-hydrogen) atoms. The van der Waals surface area contributed by atoms with Crippen molar-refractivity contribution in [2.45, 2.75) is 17.4 Å². The first-order valence-electron chi connectivity index (χ1n) is 6.51. The van der Waals surface area contributed by atoms with Gasteiger partial charge in [-0.1, -0.05) is 23.2 Å². The van der Waals surface area contributed by atoms with Crippen molar-refractivity contribution in [2.75, 3.05) is 26.2 Å². The molecule has 0 saturated heterocycles. The first kappa shape index (κ1) is 20.5. The lowest BCUT2D eigenvalue weighted by molar-refractivity contribution is -0.170. The number of sulfonamides is 1. The zero-order valence-corrected chi connectivity index (χ0v) is 16.0. The van der Waals surface area contributed by atoms with Crippen molar-refractivity contribution in [2.24, 2.45) is 0 Å². The van der Waals surface area contributed by atoms with E-state index >= 15 is 0 Å². The Morgan fingerprint density at radius 1 is 1.43 bits per heavy atom. The van der Waals surface area contributed by atoms with Crippen molar-refractivity contribution < 1.29 is 18.0 Å². The lowest BCUT2D eigenvalue weighted by Crippen LogP contribution is -2.47. The van der Waals surface area contributed by atoms with Crippen LogP contribution in [-0.4, -0.2) is 51.6 Å². The summed E-state index contributed by atoms with van der Waals surface area (Å²) in [5.74, 6) is 0.100. The van der Waals surface area contributed by atoms with Crippen LogP contribution in [-0.2, 0) is 19.7 Å². The SMILES string of the molecule is CON(C)C(=O)C(CCSC)NS(=O)(=O)c1cc(Cl)ccc1Cl. The molecule has 0 heterocycles. The van der Waals surface area contributed by atoms with E-state index < -0.39 is 22.0 Å². The van der Waals surface area contributed by atoms with Crippen LogP contribution in [0.4, 0.5) is 0 Å². The van der Waals surface area contributed by atoms with E-state index in [0.29, 0.717) is 12.2 Å². The van der Waals surface area contributed by atoms with Gasteiger partial charge in [0.15, 0.2) is 0 Å². The summed E-state index contributed by atoms with van der Waals surface area (Å²) >= 11 is 13.3. The number of halogens is 2. The van der Waals surface area contributed by atoms with Crippen LogP contribution >= 0.6 is 35.0 Å². The maximum Gasteiger partial charge on any atom is 0.264 e. The molecule has 0 bridgehead atoms. The monoisotopic (exact) mass is 400 g/mol. The Morgan fingerprint density at radius 3 is 2.65 bits per heavy atom. The normalized spacial score (nSPS) is 12.9. The van der Waals surface area contributed by atoms with Crippen molar-refractivity contribution in [3.8, 4) is 0 Å². The molecule has 1 unspecified atom stereocenters. The summed E-state index contributed by atoms with van der Waals surface area (Å²) in [5, 5.41) is 1.24. The standard InChI is InChI=1S/C13H18Cl2N2O4S2/c1-17(21-2)13(18)11(6-7-22-3)16-23(19,20)12-8-9(14)4-5-10(12)15/h4-5,8,11,16H,6-7H2,1-3H3. The van der Waals surface area contributed by atoms with Crippen LogP contribution < -0.4 is 4.72 Å². The number of rotatable bonds is 8. The van der Waals surface area contributed by atoms with Gasteiger partial charge in [0.2, 0.25) is 10.0 Å². The lowest BCUT2D eigenvalue weighted by Gasteiger charge is -2.22. The maximum absolute atomic E-state index is 12.5. The number of hydrogen-bond acceptors (Lipinski definition) is 5. The summed E-state index contributed by atoms with van der Waals surface area (Å²) in [6.07, 6.45) is 2.18. The van der Waals surface area contributed by atoms with Crippen molar-refractivity contribution in [3.05, 3.63) is 28.2 Å². The zero-order chi connectivity index (χ0) is 17.6. The van der Waals surface area contributed by atoms with Crippen LogP contribution in [0.1, 0.15) is 6.42 Å². The molecule has 6 nitrogen and oxygen atoms in total. The van der Waals surface area contributed by atoms with Crippen LogP contribution in [0.3, 0.4) is 0 Å². The molecular weight excluding hydrogens is 383 g/mol. The van der Waals surface area contributed by atoms with Gasteiger partial charge >= 0.3 is 0 Å². The van der Waals surface area contributed by atoms with Crippen molar-refractivity contribution in [1.29, 1.82) is 0 Å². The third kappa shape index (κ3) is 5.81. The molecule has 1 N–H and O–H groups in total. The van der Waals surface area contributed by atoms with E-state index in [1.54, 1.807) is 0 Å². The Hall–Kier alpha value is -0.510. The minimum absolute atomic E-state index is 0.0260. The second-order valence-electron chi connectivity index (χ2n) is 4.55. The van der Waals surface area contributed by atoms with Crippen LogP contribution in [0.25, 0.3) is 0 Å². The molecule has 0 fully saturated rings. The first-order valence-corrected chi connectivity index (χ1v) is 10.1. The Morgan fingerprint density at radius 2 is 2.09 bits per heavy atom. The largest absolute Gasteiger partial charge is 0.275 e. The molecule has 1 rings (SSSR count). The molecule has 0 aliphatic carbocycles. The van der Waals surface area contributed by atoms with Gasteiger partial charge in [-0.2, -0.15) is 16.5 Å². The highest BCUT2D eigenvalue weighted by molar-refractivity contribution is 7.98. The van der Waals surface area contributed by atoms with Crippen molar-refractivity contribution in [1.82, 2.24) is 9.79 Å². The second kappa shape index (κ2) is 9.10. The van der Waals surface area contributed by atoms with E-state index in [1.807, 2.05) is 6.26 Å². The highest BCUT2D eigenvalue weighted by Gasteiger charge is 2.29. The quantitative estimate of drug-likeness (QED) is 0.678. The van der Waals surface area contributed by atoms with Crippen molar-refractivity contribution >= 4 is 50.9 Å². The Kier molecular flexibility index (Phi) is 8.12. The molecule has 0 aliphatic rings. The fraction of sp³-hybridized carbons (Fsp3) is 0.462. The molecule has 10 heteroatoms. The Labute approximate surface area is 150 Å². The van der Waals surface area contributed by atoms with E-state index in [1.165, 1.54) is 44.1 Å². The molecule has 0 radical (unpaired) electrons. The zero-order valence-electron chi connectivity index (χ0n) is 12.9. The number of carbonyl (C=O) groups excluding carboxylic acids is 1. The minimum Gasteiger partial charge on any atom is -0.275 e. The highest BCUT2D eigenvalue weighted by Crippen LogP contribution is 2.25.